The van der Waals surface area contributed by atoms with Crippen molar-refractivity contribution in [2.45, 2.75) is 57.0 Å². The van der Waals surface area contributed by atoms with Crippen LogP contribution in [0, 0.1) is 0 Å². The van der Waals surface area contributed by atoms with E-state index in [-0.39, 0.29) is 6.61 Å². The van der Waals surface area contributed by atoms with Gasteiger partial charge in [-0.1, -0.05) is 25.0 Å². The van der Waals surface area contributed by atoms with Crippen molar-refractivity contribution in [3.8, 4) is 0 Å². The number of aliphatic hydroxyl groups is 1. The SMILES string of the molecule is OCCc1ccc(NC2CCN(C3CCCC3)CC2)cc1. The van der Waals surface area contributed by atoms with E-state index < -0.39 is 0 Å². The summed E-state index contributed by atoms with van der Waals surface area (Å²) in [6.07, 6.45) is 8.98. The Hall–Kier alpha value is -1.06. The molecule has 0 unspecified atom stereocenters. The van der Waals surface area contributed by atoms with E-state index in [0.29, 0.717) is 6.04 Å². The van der Waals surface area contributed by atoms with Gasteiger partial charge >= 0.3 is 0 Å². The highest BCUT2D eigenvalue weighted by molar-refractivity contribution is 5.45. The van der Waals surface area contributed by atoms with Gasteiger partial charge in [-0.15, -0.1) is 0 Å². The largest absolute Gasteiger partial charge is 0.396 e. The van der Waals surface area contributed by atoms with Crippen LogP contribution in [0.1, 0.15) is 44.1 Å². The van der Waals surface area contributed by atoms with Gasteiger partial charge in [-0.25, -0.2) is 0 Å². The van der Waals surface area contributed by atoms with E-state index in [9.17, 15) is 0 Å². The van der Waals surface area contributed by atoms with Crippen LogP contribution in [0.15, 0.2) is 24.3 Å². The van der Waals surface area contributed by atoms with Gasteiger partial charge < -0.3 is 15.3 Å². The smallest absolute Gasteiger partial charge is 0.0471 e. The second kappa shape index (κ2) is 7.28. The van der Waals surface area contributed by atoms with Crippen LogP contribution in [0.4, 0.5) is 5.69 Å². The lowest BCUT2D eigenvalue weighted by atomic mass is 10.0. The van der Waals surface area contributed by atoms with Gasteiger partial charge in [0.15, 0.2) is 0 Å². The van der Waals surface area contributed by atoms with Crippen molar-refractivity contribution in [2.24, 2.45) is 0 Å². The molecule has 1 heterocycles. The maximum absolute atomic E-state index is 8.94. The van der Waals surface area contributed by atoms with Gasteiger partial charge in [0, 0.05) is 37.5 Å². The normalized spacial score (nSPS) is 21.8. The van der Waals surface area contributed by atoms with Gasteiger partial charge in [-0.05, 0) is 49.8 Å². The summed E-state index contributed by atoms with van der Waals surface area (Å²) in [5.74, 6) is 0. The molecule has 1 saturated heterocycles. The average Bonchev–Trinajstić information content (AvgIpc) is 3.05. The van der Waals surface area contributed by atoms with Crippen molar-refractivity contribution in [1.29, 1.82) is 0 Å². The standard InChI is InChI=1S/C18H28N2O/c21-14-11-15-5-7-16(8-6-15)19-17-9-12-20(13-10-17)18-3-1-2-4-18/h5-8,17-19,21H,1-4,9-14H2. The number of anilines is 1. The summed E-state index contributed by atoms with van der Waals surface area (Å²) in [6, 6.07) is 10.0. The molecule has 0 atom stereocenters. The van der Waals surface area contributed by atoms with Crippen LogP contribution in [0.25, 0.3) is 0 Å². The Bertz CT molecular complexity index is 417. The minimum Gasteiger partial charge on any atom is -0.396 e. The molecule has 0 amide bonds. The molecule has 0 bridgehead atoms. The maximum atomic E-state index is 8.94. The van der Waals surface area contributed by atoms with Crippen LogP contribution < -0.4 is 5.32 Å². The molecule has 1 aliphatic carbocycles. The van der Waals surface area contributed by atoms with E-state index in [1.165, 1.54) is 62.9 Å². The number of piperidine rings is 1. The monoisotopic (exact) mass is 288 g/mol. The molecule has 3 rings (SSSR count). The molecule has 2 fully saturated rings. The minimum atomic E-state index is 0.229. The maximum Gasteiger partial charge on any atom is 0.0471 e. The number of nitrogens with one attached hydrogen (secondary N) is 1. The highest BCUT2D eigenvalue weighted by atomic mass is 16.2. The first-order chi connectivity index (χ1) is 10.3. The molecule has 1 aromatic rings. The zero-order valence-electron chi connectivity index (χ0n) is 12.9. The van der Waals surface area contributed by atoms with Gasteiger partial charge in [-0.3, -0.25) is 0 Å². The predicted octanol–water partition coefficient (Wildman–Crippen LogP) is 3.04. The van der Waals surface area contributed by atoms with E-state index in [0.717, 1.165) is 12.5 Å². The van der Waals surface area contributed by atoms with E-state index in [2.05, 4.69) is 34.5 Å². The molecule has 2 aliphatic rings. The molecule has 1 aromatic carbocycles. The number of likely N-dealkylation sites (tertiary alicyclic amines) is 1. The third-order valence-corrected chi connectivity index (χ3v) is 5.10. The van der Waals surface area contributed by atoms with E-state index in [1.807, 2.05) is 0 Å². The molecule has 21 heavy (non-hydrogen) atoms. The van der Waals surface area contributed by atoms with Gasteiger partial charge in [0.1, 0.15) is 0 Å². The Morgan fingerprint density at radius 1 is 1.00 bits per heavy atom. The van der Waals surface area contributed by atoms with Crippen LogP contribution in [-0.2, 0) is 6.42 Å². The summed E-state index contributed by atoms with van der Waals surface area (Å²) >= 11 is 0. The molecule has 0 aromatic heterocycles. The van der Waals surface area contributed by atoms with Crippen LogP contribution in [-0.4, -0.2) is 41.8 Å². The number of benzene rings is 1. The molecule has 1 saturated carbocycles. The zero-order valence-corrected chi connectivity index (χ0v) is 12.9. The number of aliphatic hydroxyl groups excluding tert-OH is 1. The molecular formula is C18H28N2O. The fourth-order valence-corrected chi connectivity index (χ4v) is 3.81. The Morgan fingerprint density at radius 2 is 1.67 bits per heavy atom. The Balaban J connectivity index is 1.46. The lowest BCUT2D eigenvalue weighted by molar-refractivity contribution is 0.159. The van der Waals surface area contributed by atoms with Crippen molar-refractivity contribution in [3.05, 3.63) is 29.8 Å². The Kier molecular flexibility index (Phi) is 5.15. The molecule has 3 heteroatoms. The molecular weight excluding hydrogens is 260 g/mol. The van der Waals surface area contributed by atoms with Gasteiger partial charge in [-0.2, -0.15) is 0 Å². The van der Waals surface area contributed by atoms with E-state index in [1.54, 1.807) is 0 Å². The van der Waals surface area contributed by atoms with Crippen molar-refractivity contribution in [2.75, 3.05) is 25.0 Å². The molecule has 3 nitrogen and oxygen atoms in total. The molecule has 0 spiro atoms. The van der Waals surface area contributed by atoms with Crippen LogP contribution >= 0.6 is 0 Å². The summed E-state index contributed by atoms with van der Waals surface area (Å²) in [4.78, 5) is 2.72. The fourth-order valence-electron chi connectivity index (χ4n) is 3.81. The highest BCUT2D eigenvalue weighted by Gasteiger charge is 2.26. The summed E-state index contributed by atoms with van der Waals surface area (Å²) in [5, 5.41) is 12.6. The molecule has 1 aliphatic heterocycles. The lowest BCUT2D eigenvalue weighted by Gasteiger charge is -2.36. The van der Waals surface area contributed by atoms with Crippen LogP contribution in [0.5, 0.6) is 0 Å². The Labute approximate surface area is 128 Å². The number of rotatable bonds is 5. The molecule has 116 valence electrons. The highest BCUT2D eigenvalue weighted by Crippen LogP contribution is 2.27. The second-order valence-corrected chi connectivity index (χ2v) is 6.56. The number of hydrogen-bond acceptors (Lipinski definition) is 3. The van der Waals surface area contributed by atoms with Crippen LogP contribution in [0.3, 0.4) is 0 Å². The first-order valence-corrected chi connectivity index (χ1v) is 8.55. The van der Waals surface area contributed by atoms with Crippen molar-refractivity contribution in [1.82, 2.24) is 4.90 Å². The third kappa shape index (κ3) is 3.98. The summed E-state index contributed by atoms with van der Waals surface area (Å²) in [5.41, 5.74) is 2.43. The second-order valence-electron chi connectivity index (χ2n) is 6.56. The van der Waals surface area contributed by atoms with E-state index in [4.69, 9.17) is 5.11 Å². The molecule has 0 radical (unpaired) electrons. The first-order valence-electron chi connectivity index (χ1n) is 8.55. The average molecular weight is 288 g/mol. The van der Waals surface area contributed by atoms with E-state index >= 15 is 0 Å². The van der Waals surface area contributed by atoms with Crippen molar-refractivity contribution < 1.29 is 5.11 Å². The predicted molar refractivity (Wildman–Crippen MR) is 87.7 cm³/mol. The van der Waals surface area contributed by atoms with Crippen molar-refractivity contribution in [3.63, 3.8) is 0 Å². The summed E-state index contributed by atoms with van der Waals surface area (Å²) in [7, 11) is 0. The lowest BCUT2D eigenvalue weighted by Crippen LogP contribution is -2.43. The summed E-state index contributed by atoms with van der Waals surface area (Å²) < 4.78 is 0. The topological polar surface area (TPSA) is 35.5 Å². The quantitative estimate of drug-likeness (QED) is 0.874. The van der Waals surface area contributed by atoms with Crippen molar-refractivity contribution >= 4 is 5.69 Å². The zero-order chi connectivity index (χ0) is 14.5. The fraction of sp³-hybridized carbons (Fsp3) is 0.667. The van der Waals surface area contributed by atoms with Gasteiger partial charge in [0.25, 0.3) is 0 Å². The van der Waals surface area contributed by atoms with Gasteiger partial charge in [0.2, 0.25) is 0 Å². The number of hydrogen-bond donors (Lipinski definition) is 2. The number of nitrogens with zero attached hydrogens (tertiary/aromatic N) is 1. The third-order valence-electron chi connectivity index (χ3n) is 5.10. The minimum absolute atomic E-state index is 0.229. The van der Waals surface area contributed by atoms with Gasteiger partial charge in [0.05, 0.1) is 0 Å². The summed E-state index contributed by atoms with van der Waals surface area (Å²) in [6.45, 7) is 2.74. The van der Waals surface area contributed by atoms with Crippen LogP contribution in [0.2, 0.25) is 0 Å². The Morgan fingerprint density at radius 3 is 2.29 bits per heavy atom. The first kappa shape index (κ1) is 14.9. The molecule has 2 N–H and O–H groups in total.